The van der Waals surface area contributed by atoms with Crippen LogP contribution in [0.2, 0.25) is 0 Å². The van der Waals surface area contributed by atoms with Crippen LogP contribution < -0.4 is 5.32 Å². The first kappa shape index (κ1) is 12.6. The fourth-order valence-corrected chi connectivity index (χ4v) is 3.05. The average molecular weight is 252 g/mol. The molecule has 0 spiro atoms. The monoisotopic (exact) mass is 252 g/mol. The Bertz CT molecular complexity index is 387. The minimum atomic E-state index is 0.162. The highest BCUT2D eigenvalue weighted by Crippen LogP contribution is 2.27. The topological polar surface area (TPSA) is 42.0 Å². The van der Waals surface area contributed by atoms with Gasteiger partial charge in [0.25, 0.3) is 0 Å². The van der Waals surface area contributed by atoms with E-state index in [-0.39, 0.29) is 11.8 Å². The number of nitrogens with zero attached hydrogens (tertiary/aromatic N) is 1. The van der Waals surface area contributed by atoms with E-state index in [1.54, 1.807) is 11.3 Å². The Morgan fingerprint density at radius 2 is 2.47 bits per heavy atom. The van der Waals surface area contributed by atoms with Crippen molar-refractivity contribution in [1.82, 2.24) is 10.3 Å². The van der Waals surface area contributed by atoms with Crippen molar-refractivity contribution in [3.63, 3.8) is 0 Å². The van der Waals surface area contributed by atoms with Gasteiger partial charge in [0.05, 0.1) is 11.2 Å². The van der Waals surface area contributed by atoms with Crippen molar-refractivity contribution in [3.8, 4) is 0 Å². The van der Waals surface area contributed by atoms with Crippen molar-refractivity contribution in [2.75, 3.05) is 6.54 Å². The largest absolute Gasteiger partial charge is 0.356 e. The standard InChI is InChI=1S/C13H20N2OS/c1-9(2)5-6-14-13(16)10-3-4-11-12(7-10)17-8-15-11/h8-10H,3-7H2,1-2H3,(H,14,16). The molecular weight excluding hydrogens is 232 g/mol. The Labute approximate surface area is 107 Å². The fraction of sp³-hybridized carbons (Fsp3) is 0.692. The lowest BCUT2D eigenvalue weighted by Gasteiger charge is -2.20. The highest BCUT2D eigenvalue weighted by molar-refractivity contribution is 7.09. The van der Waals surface area contributed by atoms with Crippen molar-refractivity contribution in [3.05, 3.63) is 16.1 Å². The Morgan fingerprint density at radius 3 is 3.24 bits per heavy atom. The molecule has 0 fully saturated rings. The maximum absolute atomic E-state index is 12.0. The third-order valence-corrected chi connectivity index (χ3v) is 4.18. The zero-order valence-corrected chi connectivity index (χ0v) is 11.3. The zero-order chi connectivity index (χ0) is 12.3. The summed E-state index contributed by atoms with van der Waals surface area (Å²) in [5.41, 5.74) is 3.10. The highest BCUT2D eigenvalue weighted by Gasteiger charge is 2.25. The van der Waals surface area contributed by atoms with E-state index in [2.05, 4.69) is 24.1 Å². The van der Waals surface area contributed by atoms with E-state index >= 15 is 0 Å². The minimum absolute atomic E-state index is 0.162. The maximum atomic E-state index is 12.0. The fourth-order valence-electron chi connectivity index (χ4n) is 2.15. The summed E-state index contributed by atoms with van der Waals surface area (Å²) in [7, 11) is 0. The van der Waals surface area contributed by atoms with Gasteiger partial charge >= 0.3 is 0 Å². The number of hydrogen-bond acceptors (Lipinski definition) is 3. The van der Waals surface area contributed by atoms with E-state index in [0.717, 1.165) is 32.2 Å². The smallest absolute Gasteiger partial charge is 0.223 e. The van der Waals surface area contributed by atoms with Crippen molar-refractivity contribution in [2.45, 2.75) is 39.5 Å². The quantitative estimate of drug-likeness (QED) is 0.894. The van der Waals surface area contributed by atoms with Crippen LogP contribution in [0.25, 0.3) is 0 Å². The summed E-state index contributed by atoms with van der Waals surface area (Å²) in [5.74, 6) is 1.04. The van der Waals surface area contributed by atoms with Gasteiger partial charge in [-0.3, -0.25) is 4.79 Å². The number of amides is 1. The summed E-state index contributed by atoms with van der Waals surface area (Å²) in [6, 6.07) is 0. The van der Waals surface area contributed by atoms with Crippen molar-refractivity contribution in [1.29, 1.82) is 0 Å². The van der Waals surface area contributed by atoms with Crippen LogP contribution in [0.15, 0.2) is 5.51 Å². The van der Waals surface area contributed by atoms with E-state index in [1.807, 2.05) is 5.51 Å². The molecule has 0 saturated carbocycles. The number of nitrogens with one attached hydrogen (secondary N) is 1. The normalized spacial score (nSPS) is 19.1. The summed E-state index contributed by atoms with van der Waals surface area (Å²) in [6.07, 6.45) is 3.85. The van der Waals surface area contributed by atoms with Gasteiger partial charge in [-0.05, 0) is 31.6 Å². The van der Waals surface area contributed by atoms with E-state index in [0.29, 0.717) is 5.92 Å². The molecule has 1 aromatic heterocycles. The van der Waals surface area contributed by atoms with Gasteiger partial charge in [0.2, 0.25) is 5.91 Å². The Hall–Kier alpha value is -0.900. The van der Waals surface area contributed by atoms with Crippen molar-refractivity contribution < 1.29 is 4.79 Å². The van der Waals surface area contributed by atoms with Crippen LogP contribution in [0.1, 0.15) is 37.3 Å². The summed E-state index contributed by atoms with van der Waals surface area (Å²) in [4.78, 5) is 17.6. The van der Waals surface area contributed by atoms with Gasteiger partial charge in [-0.1, -0.05) is 13.8 Å². The van der Waals surface area contributed by atoms with Gasteiger partial charge in [0.1, 0.15) is 0 Å². The van der Waals surface area contributed by atoms with Gasteiger partial charge < -0.3 is 5.32 Å². The first-order valence-corrected chi connectivity index (χ1v) is 7.23. The molecule has 4 heteroatoms. The molecule has 3 nitrogen and oxygen atoms in total. The molecule has 1 aliphatic rings. The number of aryl methyl sites for hydroxylation is 1. The van der Waals surface area contributed by atoms with Crippen molar-refractivity contribution >= 4 is 17.2 Å². The lowest BCUT2D eigenvalue weighted by Crippen LogP contribution is -2.34. The van der Waals surface area contributed by atoms with E-state index < -0.39 is 0 Å². The third kappa shape index (κ3) is 3.28. The number of thiazole rings is 1. The Kier molecular flexibility index (Phi) is 4.15. The molecule has 0 saturated heterocycles. The number of fused-ring (bicyclic) bond motifs is 1. The number of carbonyl (C=O) groups is 1. The first-order chi connectivity index (χ1) is 8.16. The van der Waals surface area contributed by atoms with Crippen LogP contribution in [-0.4, -0.2) is 17.4 Å². The molecule has 17 heavy (non-hydrogen) atoms. The van der Waals surface area contributed by atoms with Gasteiger partial charge in [-0.25, -0.2) is 4.98 Å². The second kappa shape index (κ2) is 5.63. The molecule has 1 N–H and O–H groups in total. The maximum Gasteiger partial charge on any atom is 0.223 e. The van der Waals surface area contributed by atoms with E-state index in [9.17, 15) is 4.79 Å². The SMILES string of the molecule is CC(C)CCNC(=O)C1CCc2ncsc2C1. The average Bonchev–Trinajstić information content (AvgIpc) is 2.75. The second-order valence-corrected chi connectivity index (χ2v) is 6.07. The molecule has 0 bridgehead atoms. The number of hydrogen-bond donors (Lipinski definition) is 1. The van der Waals surface area contributed by atoms with Crippen LogP contribution in [0.3, 0.4) is 0 Å². The lowest BCUT2D eigenvalue weighted by atomic mass is 9.90. The summed E-state index contributed by atoms with van der Waals surface area (Å²) in [6.45, 7) is 5.16. The van der Waals surface area contributed by atoms with Crippen LogP contribution in [0.4, 0.5) is 0 Å². The molecule has 1 heterocycles. The minimum Gasteiger partial charge on any atom is -0.356 e. The van der Waals surface area contributed by atoms with Gasteiger partial charge in [0.15, 0.2) is 0 Å². The summed E-state index contributed by atoms with van der Waals surface area (Å²) >= 11 is 1.68. The first-order valence-electron chi connectivity index (χ1n) is 6.35. The van der Waals surface area contributed by atoms with Crippen LogP contribution >= 0.6 is 11.3 Å². The lowest BCUT2D eigenvalue weighted by molar-refractivity contribution is -0.125. The molecule has 1 amide bonds. The number of carbonyl (C=O) groups excluding carboxylic acids is 1. The third-order valence-electron chi connectivity index (χ3n) is 3.28. The number of rotatable bonds is 4. The molecule has 0 aromatic carbocycles. The zero-order valence-electron chi connectivity index (χ0n) is 10.5. The number of aromatic nitrogens is 1. The van der Waals surface area contributed by atoms with Gasteiger partial charge in [0, 0.05) is 17.3 Å². The molecule has 0 radical (unpaired) electrons. The summed E-state index contributed by atoms with van der Waals surface area (Å²) in [5, 5.41) is 3.05. The van der Waals surface area contributed by atoms with E-state index in [4.69, 9.17) is 0 Å². The molecule has 1 aromatic rings. The second-order valence-electron chi connectivity index (χ2n) is 5.14. The van der Waals surface area contributed by atoms with Crippen LogP contribution in [-0.2, 0) is 17.6 Å². The predicted molar refractivity (Wildman–Crippen MR) is 70.1 cm³/mol. The Morgan fingerprint density at radius 1 is 1.65 bits per heavy atom. The molecule has 1 atom stereocenters. The van der Waals surface area contributed by atoms with Crippen molar-refractivity contribution in [2.24, 2.45) is 11.8 Å². The van der Waals surface area contributed by atoms with Crippen LogP contribution in [0.5, 0.6) is 0 Å². The summed E-state index contributed by atoms with van der Waals surface area (Å²) < 4.78 is 0. The highest BCUT2D eigenvalue weighted by atomic mass is 32.1. The molecule has 0 aliphatic heterocycles. The molecule has 94 valence electrons. The molecule has 1 unspecified atom stereocenters. The molecule has 2 rings (SSSR count). The predicted octanol–water partition coefficient (Wildman–Crippen LogP) is 2.41. The molecule has 1 aliphatic carbocycles. The van der Waals surface area contributed by atoms with Gasteiger partial charge in [-0.15, -0.1) is 11.3 Å². The Balaban J connectivity index is 1.82. The van der Waals surface area contributed by atoms with E-state index in [1.165, 1.54) is 10.6 Å². The van der Waals surface area contributed by atoms with Gasteiger partial charge in [-0.2, -0.15) is 0 Å². The van der Waals surface area contributed by atoms with Crippen LogP contribution in [0, 0.1) is 11.8 Å². The molecular formula is C13H20N2OS.